The Morgan fingerprint density at radius 1 is 1.24 bits per heavy atom. The minimum Gasteiger partial charge on any atom is -0.298 e. The molecule has 4 heteroatoms. The van der Waals surface area contributed by atoms with Crippen molar-refractivity contribution in [2.75, 3.05) is 13.1 Å². The third-order valence-corrected chi connectivity index (χ3v) is 4.96. The van der Waals surface area contributed by atoms with Crippen molar-refractivity contribution in [2.24, 2.45) is 0 Å². The number of hydrogen-bond donors (Lipinski definition) is 0. The molecule has 0 bridgehead atoms. The maximum Gasteiger partial charge on any atom is 0.182 e. The van der Waals surface area contributed by atoms with Crippen LogP contribution in [0.5, 0.6) is 0 Å². The van der Waals surface area contributed by atoms with E-state index in [1.807, 2.05) is 25.1 Å². The van der Waals surface area contributed by atoms with Crippen LogP contribution in [0.3, 0.4) is 0 Å². The van der Waals surface area contributed by atoms with Crippen LogP contribution in [0.25, 0.3) is 10.6 Å². The molecule has 2 aromatic rings. The van der Waals surface area contributed by atoms with E-state index in [1.165, 1.54) is 12.8 Å². The van der Waals surface area contributed by atoms with Gasteiger partial charge in [0.15, 0.2) is 5.78 Å². The van der Waals surface area contributed by atoms with Crippen LogP contribution < -0.4 is 0 Å². The highest BCUT2D eigenvalue weighted by atomic mass is 32.1. The number of rotatable bonds is 5. The zero-order valence-electron chi connectivity index (χ0n) is 12.3. The second-order valence-electron chi connectivity index (χ2n) is 5.42. The average Bonchev–Trinajstić information content (AvgIpc) is 3.18. The molecule has 21 heavy (non-hydrogen) atoms. The molecule has 3 rings (SSSR count). The predicted octanol–water partition coefficient (Wildman–Crippen LogP) is 4.00. The SMILES string of the molecule is CCC(=O)c1nc(-c2ccccc2)sc1CN1CCCC1. The maximum absolute atomic E-state index is 12.2. The van der Waals surface area contributed by atoms with Gasteiger partial charge in [0.05, 0.1) is 4.88 Å². The molecule has 1 aliphatic heterocycles. The average molecular weight is 300 g/mol. The number of carbonyl (C=O) groups excluding carboxylic acids is 1. The molecule has 1 aromatic carbocycles. The van der Waals surface area contributed by atoms with E-state index in [9.17, 15) is 4.79 Å². The van der Waals surface area contributed by atoms with E-state index in [0.717, 1.165) is 35.1 Å². The van der Waals surface area contributed by atoms with Gasteiger partial charge in [-0.1, -0.05) is 37.3 Å². The van der Waals surface area contributed by atoms with Gasteiger partial charge in [0.25, 0.3) is 0 Å². The largest absolute Gasteiger partial charge is 0.298 e. The highest BCUT2D eigenvalue weighted by molar-refractivity contribution is 7.15. The van der Waals surface area contributed by atoms with Crippen molar-refractivity contribution < 1.29 is 4.79 Å². The van der Waals surface area contributed by atoms with Crippen molar-refractivity contribution in [1.29, 1.82) is 0 Å². The first-order chi connectivity index (χ1) is 10.3. The van der Waals surface area contributed by atoms with Crippen LogP contribution in [0.2, 0.25) is 0 Å². The van der Waals surface area contributed by atoms with E-state index in [4.69, 9.17) is 0 Å². The maximum atomic E-state index is 12.2. The molecule has 2 heterocycles. The molecule has 0 saturated carbocycles. The Morgan fingerprint density at radius 2 is 1.95 bits per heavy atom. The summed E-state index contributed by atoms with van der Waals surface area (Å²) >= 11 is 1.67. The van der Waals surface area contributed by atoms with Crippen molar-refractivity contribution >= 4 is 17.1 Å². The van der Waals surface area contributed by atoms with Crippen LogP contribution in [0.15, 0.2) is 30.3 Å². The monoisotopic (exact) mass is 300 g/mol. The van der Waals surface area contributed by atoms with Crippen LogP contribution in [0.1, 0.15) is 41.6 Å². The lowest BCUT2D eigenvalue weighted by molar-refractivity contribution is 0.0982. The topological polar surface area (TPSA) is 33.2 Å². The van der Waals surface area contributed by atoms with Crippen LogP contribution in [0, 0.1) is 0 Å². The third kappa shape index (κ3) is 3.22. The number of benzene rings is 1. The zero-order valence-corrected chi connectivity index (χ0v) is 13.2. The summed E-state index contributed by atoms with van der Waals surface area (Å²) in [5.74, 6) is 0.155. The standard InChI is InChI=1S/C17H20N2OS/c1-2-14(20)16-15(12-19-10-6-7-11-19)21-17(18-16)13-8-4-3-5-9-13/h3-5,8-9H,2,6-7,10-12H2,1H3. The van der Waals surface area contributed by atoms with Gasteiger partial charge in [-0.3, -0.25) is 9.69 Å². The summed E-state index contributed by atoms with van der Waals surface area (Å²) in [6.45, 7) is 5.05. The second-order valence-corrected chi connectivity index (χ2v) is 6.50. The normalized spacial score (nSPS) is 15.5. The van der Waals surface area contributed by atoms with E-state index in [-0.39, 0.29) is 5.78 Å². The molecule has 0 atom stereocenters. The molecule has 0 radical (unpaired) electrons. The van der Waals surface area contributed by atoms with Crippen molar-refractivity contribution in [3.63, 3.8) is 0 Å². The Hall–Kier alpha value is -1.52. The Kier molecular flexibility index (Phi) is 4.46. The van der Waals surface area contributed by atoms with Crippen molar-refractivity contribution in [1.82, 2.24) is 9.88 Å². The lowest BCUT2D eigenvalue weighted by Gasteiger charge is -2.13. The minimum atomic E-state index is 0.155. The van der Waals surface area contributed by atoms with Gasteiger partial charge in [0.2, 0.25) is 0 Å². The highest BCUT2D eigenvalue weighted by Gasteiger charge is 2.21. The molecular formula is C17H20N2OS. The smallest absolute Gasteiger partial charge is 0.182 e. The number of likely N-dealkylation sites (tertiary alicyclic amines) is 1. The van der Waals surface area contributed by atoms with Crippen molar-refractivity contribution in [3.8, 4) is 10.6 Å². The minimum absolute atomic E-state index is 0.155. The molecule has 0 N–H and O–H groups in total. The molecule has 0 aliphatic carbocycles. The second kappa shape index (κ2) is 6.50. The van der Waals surface area contributed by atoms with E-state index in [1.54, 1.807) is 11.3 Å². The van der Waals surface area contributed by atoms with E-state index in [2.05, 4.69) is 22.0 Å². The van der Waals surface area contributed by atoms with Gasteiger partial charge in [-0.25, -0.2) is 4.98 Å². The predicted molar refractivity (Wildman–Crippen MR) is 86.7 cm³/mol. The molecule has 0 amide bonds. The summed E-state index contributed by atoms with van der Waals surface area (Å²) in [5.41, 5.74) is 1.79. The molecule has 1 aliphatic rings. The first-order valence-corrected chi connectivity index (χ1v) is 8.40. The van der Waals surface area contributed by atoms with Gasteiger partial charge in [-0.15, -0.1) is 11.3 Å². The summed E-state index contributed by atoms with van der Waals surface area (Å²) in [6.07, 6.45) is 3.05. The van der Waals surface area contributed by atoms with E-state index >= 15 is 0 Å². The number of thiazole rings is 1. The Labute approximate surface area is 129 Å². The fraction of sp³-hybridized carbons (Fsp3) is 0.412. The van der Waals surface area contributed by atoms with Gasteiger partial charge in [0, 0.05) is 18.5 Å². The van der Waals surface area contributed by atoms with Gasteiger partial charge in [0.1, 0.15) is 10.7 Å². The highest BCUT2D eigenvalue weighted by Crippen LogP contribution is 2.30. The molecule has 3 nitrogen and oxygen atoms in total. The van der Waals surface area contributed by atoms with Gasteiger partial charge in [-0.2, -0.15) is 0 Å². The van der Waals surface area contributed by atoms with Crippen LogP contribution in [-0.4, -0.2) is 28.8 Å². The number of nitrogens with zero attached hydrogens (tertiary/aromatic N) is 2. The summed E-state index contributed by atoms with van der Waals surface area (Å²) in [5, 5.41) is 0.960. The van der Waals surface area contributed by atoms with E-state index in [0.29, 0.717) is 12.1 Å². The lowest BCUT2D eigenvalue weighted by atomic mass is 10.2. The van der Waals surface area contributed by atoms with Crippen LogP contribution in [-0.2, 0) is 6.54 Å². The molecular weight excluding hydrogens is 280 g/mol. The summed E-state index contributed by atoms with van der Waals surface area (Å²) in [6, 6.07) is 10.1. The fourth-order valence-corrected chi connectivity index (χ4v) is 3.82. The molecule has 1 saturated heterocycles. The lowest BCUT2D eigenvalue weighted by Crippen LogP contribution is -2.19. The fourth-order valence-electron chi connectivity index (χ4n) is 2.69. The molecule has 0 spiro atoms. The van der Waals surface area contributed by atoms with Crippen molar-refractivity contribution in [3.05, 3.63) is 40.9 Å². The van der Waals surface area contributed by atoms with Crippen molar-refractivity contribution in [2.45, 2.75) is 32.7 Å². The number of ketones is 1. The summed E-state index contributed by atoms with van der Waals surface area (Å²) < 4.78 is 0. The Balaban J connectivity index is 1.92. The molecule has 1 aromatic heterocycles. The first-order valence-electron chi connectivity index (χ1n) is 7.58. The quantitative estimate of drug-likeness (QED) is 0.783. The first kappa shape index (κ1) is 14.4. The summed E-state index contributed by atoms with van der Waals surface area (Å²) in [4.78, 5) is 20.4. The number of aromatic nitrogens is 1. The number of carbonyl (C=O) groups is 1. The zero-order chi connectivity index (χ0) is 14.7. The number of hydrogen-bond acceptors (Lipinski definition) is 4. The van der Waals surface area contributed by atoms with Crippen LogP contribution in [0.4, 0.5) is 0 Å². The number of Topliss-reactive ketones (excluding diaryl/α,β-unsaturated/α-hetero) is 1. The van der Waals surface area contributed by atoms with Gasteiger partial charge < -0.3 is 0 Å². The summed E-state index contributed by atoms with van der Waals surface area (Å²) in [7, 11) is 0. The van der Waals surface area contributed by atoms with E-state index < -0.39 is 0 Å². The Bertz CT molecular complexity index is 615. The van der Waals surface area contributed by atoms with Crippen LogP contribution >= 0.6 is 11.3 Å². The van der Waals surface area contributed by atoms with Gasteiger partial charge in [-0.05, 0) is 25.9 Å². The van der Waals surface area contributed by atoms with Gasteiger partial charge >= 0.3 is 0 Å². The third-order valence-electron chi connectivity index (χ3n) is 3.87. The Morgan fingerprint density at radius 3 is 2.62 bits per heavy atom. The molecule has 0 unspecified atom stereocenters. The molecule has 1 fully saturated rings. The molecule has 110 valence electrons.